The van der Waals surface area contributed by atoms with Gasteiger partial charge in [0.05, 0.1) is 5.69 Å². The smallest absolute Gasteiger partial charge is 0.242 e. The molecule has 0 radical (unpaired) electrons. The van der Waals surface area contributed by atoms with Crippen LogP contribution in [0.15, 0.2) is 58.0 Å². The molecule has 0 bridgehead atoms. The number of carbonyl (C=O) groups excluding carboxylic acids is 2. The predicted octanol–water partition coefficient (Wildman–Crippen LogP) is 4.60. The van der Waals surface area contributed by atoms with Crippen LogP contribution < -0.4 is 5.32 Å². The van der Waals surface area contributed by atoms with E-state index in [1.165, 1.54) is 16.7 Å². The maximum Gasteiger partial charge on any atom is 0.242 e. The minimum absolute atomic E-state index is 0.0984. The van der Waals surface area contributed by atoms with Crippen molar-refractivity contribution in [2.75, 3.05) is 12.4 Å². The number of halogens is 1. The second kappa shape index (κ2) is 8.71. The van der Waals surface area contributed by atoms with Gasteiger partial charge in [-0.1, -0.05) is 52.8 Å². The van der Waals surface area contributed by atoms with E-state index in [1.54, 1.807) is 7.05 Å². The van der Waals surface area contributed by atoms with Crippen LogP contribution in [0.3, 0.4) is 0 Å². The minimum atomic E-state index is -0.460. The predicted molar refractivity (Wildman–Crippen MR) is 114 cm³/mol. The number of aryl methyl sites for hydroxylation is 1. The highest BCUT2D eigenvalue weighted by Crippen LogP contribution is 2.32. The molecule has 0 spiro atoms. The van der Waals surface area contributed by atoms with Crippen molar-refractivity contribution in [3.63, 3.8) is 0 Å². The maximum atomic E-state index is 12.5. The van der Waals surface area contributed by atoms with E-state index >= 15 is 0 Å². The number of nitrogens with zero attached hydrogens (tertiary/aromatic N) is 2. The van der Waals surface area contributed by atoms with E-state index in [-0.39, 0.29) is 18.2 Å². The van der Waals surface area contributed by atoms with E-state index in [0.717, 1.165) is 22.1 Å². The highest BCUT2D eigenvalue weighted by Gasteiger charge is 2.37. The number of anilines is 1. The molecule has 0 aliphatic carbocycles. The third-order valence-corrected chi connectivity index (χ3v) is 5.99. The zero-order chi connectivity index (χ0) is 19.4. The van der Waals surface area contributed by atoms with Gasteiger partial charge in [0, 0.05) is 23.6 Å². The van der Waals surface area contributed by atoms with Crippen molar-refractivity contribution in [2.45, 2.75) is 25.0 Å². The Morgan fingerprint density at radius 1 is 1.22 bits per heavy atom. The van der Waals surface area contributed by atoms with Gasteiger partial charge >= 0.3 is 0 Å². The number of hydrogen-bond acceptors (Lipinski definition) is 4. The molecule has 5 nitrogen and oxygen atoms in total. The Labute approximate surface area is 171 Å². The summed E-state index contributed by atoms with van der Waals surface area (Å²) in [7, 11) is 1.70. The molecule has 1 saturated heterocycles. The largest absolute Gasteiger partial charge is 0.326 e. The van der Waals surface area contributed by atoms with Crippen molar-refractivity contribution >= 4 is 56.0 Å². The van der Waals surface area contributed by atoms with Gasteiger partial charge in [-0.25, -0.2) is 4.99 Å². The van der Waals surface area contributed by atoms with E-state index in [0.29, 0.717) is 10.9 Å². The average molecular weight is 446 g/mol. The van der Waals surface area contributed by atoms with Crippen molar-refractivity contribution in [1.29, 1.82) is 0 Å². The Morgan fingerprint density at radius 2 is 1.93 bits per heavy atom. The van der Waals surface area contributed by atoms with E-state index in [4.69, 9.17) is 0 Å². The fourth-order valence-corrected chi connectivity index (χ4v) is 4.14. The van der Waals surface area contributed by atoms with E-state index in [1.807, 2.05) is 48.5 Å². The number of carbonyl (C=O) groups is 2. The molecular weight excluding hydrogens is 426 g/mol. The Hall–Kier alpha value is -2.12. The van der Waals surface area contributed by atoms with E-state index in [9.17, 15) is 9.59 Å². The number of para-hydroxylation sites is 1. The monoisotopic (exact) mass is 445 g/mol. The second-order valence-electron chi connectivity index (χ2n) is 6.14. The summed E-state index contributed by atoms with van der Waals surface area (Å²) in [6, 6.07) is 15.2. The summed E-state index contributed by atoms with van der Waals surface area (Å²) < 4.78 is 0.942. The van der Waals surface area contributed by atoms with Crippen LogP contribution in [0, 0.1) is 0 Å². The number of thioether (sulfide) groups is 1. The number of aliphatic imine (C=N–C) groups is 1. The summed E-state index contributed by atoms with van der Waals surface area (Å²) in [5.74, 6) is -0.287. The van der Waals surface area contributed by atoms with E-state index < -0.39 is 5.25 Å². The minimum Gasteiger partial charge on any atom is -0.326 e. The van der Waals surface area contributed by atoms with Crippen molar-refractivity contribution < 1.29 is 9.59 Å². The average Bonchev–Trinajstić information content (AvgIpc) is 2.92. The Bertz CT molecular complexity index is 883. The number of hydrogen-bond donors (Lipinski definition) is 1. The van der Waals surface area contributed by atoms with Crippen molar-refractivity contribution in [3.8, 4) is 0 Å². The van der Waals surface area contributed by atoms with Crippen LogP contribution in [-0.2, 0) is 16.0 Å². The molecule has 2 aromatic rings. The molecule has 0 unspecified atom stereocenters. The molecular formula is C20H20BrN3O2S. The normalized spacial score (nSPS) is 18.2. The molecule has 27 heavy (non-hydrogen) atoms. The lowest BCUT2D eigenvalue weighted by atomic mass is 10.1. The van der Waals surface area contributed by atoms with Gasteiger partial charge in [0.1, 0.15) is 5.25 Å². The summed E-state index contributed by atoms with van der Waals surface area (Å²) >= 11 is 4.70. The van der Waals surface area contributed by atoms with Crippen LogP contribution in [-0.4, -0.2) is 34.2 Å². The summed E-state index contributed by atoms with van der Waals surface area (Å²) in [5, 5.41) is 3.00. The van der Waals surface area contributed by atoms with Gasteiger partial charge in [-0.2, -0.15) is 0 Å². The molecule has 3 rings (SSSR count). The van der Waals surface area contributed by atoms with Crippen LogP contribution in [0.25, 0.3) is 0 Å². The SMILES string of the molecule is CCc1ccccc1N=C1S[C@@H](CC(=O)Nc2ccc(Br)cc2)C(=O)N1C. The molecule has 1 fully saturated rings. The summed E-state index contributed by atoms with van der Waals surface area (Å²) in [6.45, 7) is 2.07. The molecule has 1 aliphatic heterocycles. The zero-order valence-corrected chi connectivity index (χ0v) is 17.5. The number of nitrogens with one attached hydrogen (secondary N) is 1. The van der Waals surface area contributed by atoms with Crippen LogP contribution in [0.5, 0.6) is 0 Å². The van der Waals surface area contributed by atoms with E-state index in [2.05, 4.69) is 33.2 Å². The number of benzene rings is 2. The van der Waals surface area contributed by atoms with Crippen molar-refractivity contribution in [3.05, 3.63) is 58.6 Å². The first-order valence-electron chi connectivity index (χ1n) is 8.64. The summed E-state index contributed by atoms with van der Waals surface area (Å²) in [5.41, 5.74) is 2.70. The van der Waals surface area contributed by atoms with Gasteiger partial charge in [-0.3, -0.25) is 14.5 Å². The molecule has 2 amide bonds. The van der Waals surface area contributed by atoms with Gasteiger partial charge < -0.3 is 5.32 Å². The van der Waals surface area contributed by atoms with Gasteiger partial charge in [0.25, 0.3) is 0 Å². The Morgan fingerprint density at radius 3 is 2.63 bits per heavy atom. The molecule has 1 N–H and O–H groups in total. The van der Waals surface area contributed by atoms with Crippen molar-refractivity contribution in [1.82, 2.24) is 4.90 Å². The molecule has 2 aromatic carbocycles. The van der Waals surface area contributed by atoms with Crippen LogP contribution in [0.1, 0.15) is 18.9 Å². The first kappa shape index (κ1) is 19.6. The standard InChI is InChI=1S/C20H20BrN3O2S/c1-3-13-6-4-5-7-16(13)23-20-24(2)19(26)17(27-20)12-18(25)22-15-10-8-14(21)9-11-15/h4-11,17H,3,12H2,1-2H3,(H,22,25)/t17-/m0/s1. The van der Waals surface area contributed by atoms with Crippen LogP contribution in [0.4, 0.5) is 11.4 Å². The lowest BCUT2D eigenvalue weighted by molar-refractivity contribution is -0.127. The fourth-order valence-electron chi connectivity index (χ4n) is 2.73. The third-order valence-electron chi connectivity index (χ3n) is 4.23. The van der Waals surface area contributed by atoms with Crippen LogP contribution >= 0.6 is 27.7 Å². The fraction of sp³-hybridized carbons (Fsp3) is 0.250. The number of amidine groups is 1. The topological polar surface area (TPSA) is 61.8 Å². The van der Waals surface area contributed by atoms with Gasteiger partial charge in [0.2, 0.25) is 11.8 Å². The molecule has 1 aliphatic rings. The number of amides is 2. The summed E-state index contributed by atoms with van der Waals surface area (Å²) in [6.07, 6.45) is 0.979. The quantitative estimate of drug-likeness (QED) is 0.730. The Balaban J connectivity index is 1.69. The molecule has 7 heteroatoms. The lowest BCUT2D eigenvalue weighted by Gasteiger charge is -2.10. The lowest BCUT2D eigenvalue weighted by Crippen LogP contribution is -2.30. The van der Waals surface area contributed by atoms with Gasteiger partial charge in [-0.05, 0) is 42.3 Å². The zero-order valence-electron chi connectivity index (χ0n) is 15.1. The van der Waals surface area contributed by atoms with Gasteiger partial charge in [-0.15, -0.1) is 0 Å². The first-order valence-corrected chi connectivity index (χ1v) is 10.3. The number of rotatable bonds is 5. The molecule has 140 valence electrons. The first-order chi connectivity index (χ1) is 13.0. The molecule has 1 heterocycles. The third kappa shape index (κ3) is 4.78. The van der Waals surface area contributed by atoms with Crippen LogP contribution in [0.2, 0.25) is 0 Å². The Kier molecular flexibility index (Phi) is 6.34. The highest BCUT2D eigenvalue weighted by molar-refractivity contribution is 9.10. The maximum absolute atomic E-state index is 12.5. The summed E-state index contributed by atoms with van der Waals surface area (Å²) in [4.78, 5) is 31.1. The van der Waals surface area contributed by atoms with Gasteiger partial charge in [0.15, 0.2) is 5.17 Å². The highest BCUT2D eigenvalue weighted by atomic mass is 79.9. The second-order valence-corrected chi connectivity index (χ2v) is 8.23. The van der Waals surface area contributed by atoms with Crippen molar-refractivity contribution in [2.24, 2.45) is 4.99 Å². The molecule has 0 saturated carbocycles. The molecule has 1 atom stereocenters. The molecule has 0 aromatic heterocycles.